The third kappa shape index (κ3) is 17.4. The molecule has 8 aliphatic carbocycles. The Morgan fingerprint density at radius 2 is 0.755 bits per heavy atom. The number of aromatic nitrogens is 4. The molecule has 4 aromatic heterocycles. The predicted molar refractivity (Wildman–Crippen MR) is 388 cm³/mol. The number of hydrogen-bond acceptors (Lipinski definition) is 11. The number of ether oxygens (including phenoxy) is 1. The van der Waals surface area contributed by atoms with Crippen molar-refractivity contribution in [3.63, 3.8) is 0 Å². The summed E-state index contributed by atoms with van der Waals surface area (Å²) in [5.41, 5.74) is 9.82. The molecule has 3 radical (unpaired) electrons. The number of carbonyl (C=O) groups is 2. The van der Waals surface area contributed by atoms with Gasteiger partial charge in [0.15, 0.2) is 0 Å². The van der Waals surface area contributed by atoms with E-state index < -0.39 is 0 Å². The Labute approximate surface area is 627 Å². The van der Waals surface area contributed by atoms with Crippen LogP contribution in [-0.2, 0) is 25.5 Å². The summed E-state index contributed by atoms with van der Waals surface area (Å²) in [5, 5.41) is 24.5. The standard InChI is InChI=1S/C25H23ClFNO2.2C17H18FNO.C17H16FNO.C7H4ClNO.B.Na.H/c26-19-3-1-15(2-4-19)9-25(29)30-21-12-16-10-18(11-17(16)13-21)22-7-8-28-24-6-5-20(27)14-23(22)24;3*18-13-1-2-17-16(9-13)15(3-4-19-17)12-5-10-7-14(20)8-11(10)6-12;8-6-1-3-7(4-2-6)9-5-10;;;/h1-8,14,16-18,21H,9-13H2;2*1-4,9-12,14,20H,5-8H2;1-4,9-12H,5-8H2;1-4H;;;/q;;;;;;+1;-1/t16-,17+,18?,21?;2*10-,11+,12?,14?;10-,11+,12?;;;;. The van der Waals surface area contributed by atoms with Gasteiger partial charge in [0.05, 0.1) is 46.4 Å². The van der Waals surface area contributed by atoms with Crippen molar-refractivity contribution < 1.29 is 77.9 Å². The number of aliphatic imine (C=N–C) groups is 1. The molecule has 7 unspecified atom stereocenters. The minimum Gasteiger partial charge on any atom is -1.00 e. The van der Waals surface area contributed by atoms with Gasteiger partial charge in [0.2, 0.25) is 6.08 Å². The maximum atomic E-state index is 13.8. The van der Waals surface area contributed by atoms with Crippen LogP contribution in [0.15, 0.2) is 175 Å². The Bertz CT molecular complexity index is 4530. The second-order valence-corrected chi connectivity index (χ2v) is 30.1. The van der Waals surface area contributed by atoms with Crippen LogP contribution in [0.5, 0.6) is 0 Å². The maximum absolute atomic E-state index is 13.8. The zero-order valence-electron chi connectivity index (χ0n) is 58.0. The van der Waals surface area contributed by atoms with Crippen molar-refractivity contribution in [3.8, 4) is 0 Å². The van der Waals surface area contributed by atoms with Crippen molar-refractivity contribution in [2.75, 3.05) is 0 Å². The Balaban J connectivity index is 0.000000132. The summed E-state index contributed by atoms with van der Waals surface area (Å²) in [6.45, 7) is 0. The van der Waals surface area contributed by atoms with Crippen LogP contribution in [0.1, 0.15) is 156 Å². The van der Waals surface area contributed by atoms with Gasteiger partial charge in [-0.1, -0.05) is 35.3 Å². The molecular formula is C83H80BCl2F4N5NaO6. The van der Waals surface area contributed by atoms with E-state index in [9.17, 15) is 42.2 Å². The van der Waals surface area contributed by atoms with Crippen LogP contribution >= 0.6 is 23.2 Å². The number of esters is 1. The summed E-state index contributed by atoms with van der Waals surface area (Å²) in [6.07, 6.45) is 24.7. The molecule has 19 heteroatoms. The van der Waals surface area contributed by atoms with Crippen LogP contribution in [0, 0.1) is 70.6 Å². The summed E-state index contributed by atoms with van der Waals surface area (Å²) in [6, 6.07) is 41.4. The van der Waals surface area contributed by atoms with Gasteiger partial charge in [-0.25, -0.2) is 22.4 Å². The molecule has 2 N–H and O–H groups in total. The van der Waals surface area contributed by atoms with Gasteiger partial charge >= 0.3 is 35.5 Å². The van der Waals surface area contributed by atoms with Gasteiger partial charge in [-0.3, -0.25) is 29.5 Å². The fourth-order valence-electron chi connectivity index (χ4n) is 18.8. The number of pyridine rings is 4. The average Bonchev–Trinajstić information content (AvgIpc) is 1.74. The molecule has 0 amide bonds. The van der Waals surface area contributed by atoms with Crippen LogP contribution in [0.2, 0.25) is 10.0 Å². The summed E-state index contributed by atoms with van der Waals surface area (Å²) in [7, 11) is 0. The first-order chi connectivity index (χ1) is 48.5. The second-order valence-electron chi connectivity index (χ2n) is 29.3. The third-order valence-electron chi connectivity index (χ3n) is 23.0. The van der Waals surface area contributed by atoms with E-state index in [0.29, 0.717) is 92.5 Å². The van der Waals surface area contributed by atoms with Crippen LogP contribution in [0.25, 0.3) is 43.6 Å². The van der Waals surface area contributed by atoms with Crippen molar-refractivity contribution in [2.24, 2.45) is 52.3 Å². The molecule has 8 saturated carbocycles. The molecule has 519 valence electrons. The number of hydrogen-bond donors (Lipinski definition) is 2. The Morgan fingerprint density at radius 1 is 0.451 bits per heavy atom. The summed E-state index contributed by atoms with van der Waals surface area (Å²) < 4.78 is 60.1. The number of aliphatic hydroxyl groups is 2. The molecule has 10 aromatic rings. The molecule has 8 fully saturated rings. The van der Waals surface area contributed by atoms with E-state index in [2.05, 4.69) is 24.9 Å². The number of carbonyl (C=O) groups excluding carboxylic acids is 3. The van der Waals surface area contributed by atoms with Gasteiger partial charge in [-0.15, -0.1) is 0 Å². The zero-order chi connectivity index (χ0) is 69.1. The van der Waals surface area contributed by atoms with Crippen LogP contribution < -0.4 is 29.6 Å². The number of benzene rings is 6. The van der Waals surface area contributed by atoms with E-state index in [-0.39, 0.29) is 93.4 Å². The monoisotopic (exact) mass is 1420 g/mol. The van der Waals surface area contributed by atoms with E-state index in [1.54, 1.807) is 84.9 Å². The fraction of sp³-hybridized carbons (Fsp3) is 0.386. The second kappa shape index (κ2) is 33.3. The molecule has 0 saturated heterocycles. The summed E-state index contributed by atoms with van der Waals surface area (Å²) in [4.78, 5) is 54.3. The number of aliphatic hydroxyl groups excluding tert-OH is 2. The average molecular weight is 1420 g/mol. The molecular weight excluding hydrogens is 1340 g/mol. The van der Waals surface area contributed by atoms with E-state index in [1.165, 1.54) is 52.6 Å². The molecule has 6 aromatic carbocycles. The van der Waals surface area contributed by atoms with Gasteiger partial charge in [-0.2, -0.15) is 4.99 Å². The van der Waals surface area contributed by atoms with Crippen LogP contribution in [-0.4, -0.2) is 74.7 Å². The van der Waals surface area contributed by atoms with Crippen molar-refractivity contribution in [3.05, 3.63) is 232 Å². The minimum atomic E-state index is -0.220. The van der Waals surface area contributed by atoms with Crippen LogP contribution in [0.4, 0.5) is 23.2 Å². The van der Waals surface area contributed by atoms with Crippen molar-refractivity contribution >= 4 is 98.7 Å². The molecule has 8 aliphatic rings. The number of rotatable bonds is 8. The van der Waals surface area contributed by atoms with Crippen molar-refractivity contribution in [1.29, 1.82) is 0 Å². The van der Waals surface area contributed by atoms with Gasteiger partial charge < -0.3 is 16.4 Å². The third-order valence-corrected chi connectivity index (χ3v) is 23.5. The zero-order valence-corrected chi connectivity index (χ0v) is 60.5. The van der Waals surface area contributed by atoms with E-state index in [4.69, 9.17) is 27.9 Å². The Hall–Kier alpha value is -7.24. The molecule has 11 nitrogen and oxygen atoms in total. The Kier molecular flexibility index (Phi) is 24.3. The van der Waals surface area contributed by atoms with Gasteiger partial charge in [-0.05, 0) is 322 Å². The number of halogens is 6. The first-order valence-electron chi connectivity index (χ1n) is 35.3. The van der Waals surface area contributed by atoms with Crippen molar-refractivity contribution in [1.82, 2.24) is 19.9 Å². The molecule has 102 heavy (non-hydrogen) atoms. The van der Waals surface area contributed by atoms with Crippen molar-refractivity contribution in [2.45, 2.75) is 151 Å². The molecule has 18 rings (SSSR count). The number of isocyanates is 1. The first kappa shape index (κ1) is 74.5. The van der Waals surface area contributed by atoms with Gasteiger partial charge in [0.25, 0.3) is 0 Å². The topological polar surface area (TPSA) is 165 Å². The summed E-state index contributed by atoms with van der Waals surface area (Å²) >= 11 is 11.5. The number of Topliss-reactive ketones (excluding diaryl/α,β-unsaturated/α-hetero) is 1. The van der Waals surface area contributed by atoms with E-state index in [0.717, 1.165) is 152 Å². The fourth-order valence-corrected chi connectivity index (χ4v) is 19.0. The number of nitrogens with zero attached hydrogens (tertiary/aromatic N) is 5. The van der Waals surface area contributed by atoms with Crippen LogP contribution in [0.3, 0.4) is 0 Å². The predicted octanol–water partition coefficient (Wildman–Crippen LogP) is 16.3. The van der Waals surface area contributed by atoms with E-state index >= 15 is 0 Å². The molecule has 0 aliphatic heterocycles. The molecule has 0 bridgehead atoms. The normalized spacial score (nSPS) is 26.8. The first-order valence-corrected chi connectivity index (χ1v) is 36.1. The van der Waals surface area contributed by atoms with Gasteiger partial charge in [0.1, 0.15) is 35.2 Å². The number of fused-ring (bicyclic) bond motifs is 8. The van der Waals surface area contributed by atoms with E-state index in [1.807, 2.05) is 61.2 Å². The largest absolute Gasteiger partial charge is 1.00 e. The summed E-state index contributed by atoms with van der Waals surface area (Å²) in [5.74, 6) is 6.06. The molecule has 15 atom stereocenters. The molecule has 0 spiro atoms. The SMILES string of the molecule is O=C(Cc1ccc(Cl)cc1)OC1C[C@@H]2CC(c3ccnc4ccc(F)cc34)C[C@@H]2C1.O=C1C[C@@H]2CC(c3ccnc4ccc(F)cc34)C[C@@H]2C1.O=C=Nc1ccc(Cl)cc1.OC1C[C@@H]2CC(c3ccnc4ccc(F)cc34)C[C@@H]2C1.OC1C[C@@H]2CC(c3ccnc4ccc(F)cc34)C[C@@H]2C1.[B].[H-].[Na+]. The number of ketones is 1. The maximum Gasteiger partial charge on any atom is 1.00 e. The molecule has 4 heterocycles. The quantitative estimate of drug-likeness (QED) is 0.0492. The Morgan fingerprint density at radius 3 is 1.08 bits per heavy atom. The van der Waals surface area contributed by atoms with Gasteiger partial charge in [0, 0.05) is 77.6 Å². The smallest absolute Gasteiger partial charge is 1.00 e. The minimum absolute atomic E-state index is 0.